The number of nitrogens with zero attached hydrogens (tertiary/aromatic N) is 6. The fraction of sp³-hybridized carbons (Fsp3) is 0.583. The van der Waals surface area contributed by atoms with Gasteiger partial charge in [-0.15, -0.1) is 0 Å². The van der Waals surface area contributed by atoms with Gasteiger partial charge in [-0.3, -0.25) is 0 Å². The fourth-order valence-electron chi connectivity index (χ4n) is 2.46. The molecule has 0 amide bonds. The highest BCUT2D eigenvalue weighted by Gasteiger charge is 2.29. The summed E-state index contributed by atoms with van der Waals surface area (Å²) < 4.78 is 1.40. The van der Waals surface area contributed by atoms with Crippen LogP contribution in [0.1, 0.15) is 32.1 Å². The third-order valence-electron chi connectivity index (χ3n) is 3.58. The molecule has 0 aromatic carbocycles. The van der Waals surface area contributed by atoms with Gasteiger partial charge >= 0.3 is 0 Å². The molecule has 2 heterocycles. The number of anilines is 1. The molecule has 1 fully saturated rings. The highest BCUT2D eigenvalue weighted by Crippen LogP contribution is 2.28. The molecule has 2 aromatic rings. The van der Waals surface area contributed by atoms with Gasteiger partial charge in [0.05, 0.1) is 5.60 Å². The molecule has 1 aliphatic rings. The van der Waals surface area contributed by atoms with E-state index >= 15 is 0 Å². The molecule has 2 N–H and O–H groups in total. The molecule has 8 nitrogen and oxygen atoms in total. The quantitative estimate of drug-likeness (QED) is 0.875. The van der Waals surface area contributed by atoms with E-state index in [1.165, 1.54) is 23.8 Å². The third-order valence-corrected chi connectivity index (χ3v) is 3.75. The summed E-state index contributed by atoms with van der Waals surface area (Å²) in [6.07, 6.45) is 7.69. The molecule has 0 radical (unpaired) electrons. The Balaban J connectivity index is 1.73. The molecule has 0 aliphatic heterocycles. The molecule has 0 atom stereocenters. The van der Waals surface area contributed by atoms with Crippen LogP contribution in [0.25, 0.3) is 5.95 Å². The van der Waals surface area contributed by atoms with Gasteiger partial charge in [-0.1, -0.05) is 19.3 Å². The average Bonchev–Trinajstić information content (AvgIpc) is 3.00. The molecule has 1 saturated carbocycles. The first kappa shape index (κ1) is 14.2. The van der Waals surface area contributed by atoms with Crippen molar-refractivity contribution in [1.29, 1.82) is 0 Å². The number of nitrogens with one attached hydrogen (secondary N) is 1. The van der Waals surface area contributed by atoms with Crippen LogP contribution in [0.3, 0.4) is 0 Å². The summed E-state index contributed by atoms with van der Waals surface area (Å²) in [5.74, 6) is 0.602. The second kappa shape index (κ2) is 5.90. The number of aromatic nitrogens is 6. The first-order chi connectivity index (χ1) is 10.1. The van der Waals surface area contributed by atoms with Gasteiger partial charge in [0, 0.05) is 6.54 Å². The van der Waals surface area contributed by atoms with Gasteiger partial charge in [0.1, 0.15) is 12.7 Å². The normalized spacial score (nSPS) is 17.6. The van der Waals surface area contributed by atoms with E-state index in [1.54, 1.807) is 0 Å². The van der Waals surface area contributed by atoms with Crippen molar-refractivity contribution in [1.82, 2.24) is 29.7 Å². The summed E-state index contributed by atoms with van der Waals surface area (Å²) in [6.45, 7) is 0.393. The lowest BCUT2D eigenvalue weighted by molar-refractivity contribution is 0.0166. The number of hydrogen-bond donors (Lipinski definition) is 2. The molecular formula is C12H16ClN7O. The van der Waals surface area contributed by atoms with E-state index < -0.39 is 5.60 Å². The lowest BCUT2D eigenvalue weighted by atomic mass is 9.85. The van der Waals surface area contributed by atoms with Gasteiger partial charge in [0.2, 0.25) is 11.2 Å². The summed E-state index contributed by atoms with van der Waals surface area (Å²) in [4.78, 5) is 16.1. The van der Waals surface area contributed by atoms with Crippen molar-refractivity contribution in [3.63, 3.8) is 0 Å². The molecule has 1 aliphatic carbocycles. The summed E-state index contributed by atoms with van der Waals surface area (Å²) in [5, 5.41) is 17.5. The third kappa shape index (κ3) is 3.45. The Morgan fingerprint density at radius 3 is 2.76 bits per heavy atom. The van der Waals surface area contributed by atoms with Crippen molar-refractivity contribution in [2.45, 2.75) is 37.7 Å². The van der Waals surface area contributed by atoms with E-state index in [-0.39, 0.29) is 11.2 Å². The van der Waals surface area contributed by atoms with Gasteiger partial charge in [-0.2, -0.15) is 24.7 Å². The van der Waals surface area contributed by atoms with E-state index in [4.69, 9.17) is 11.6 Å². The summed E-state index contributed by atoms with van der Waals surface area (Å²) in [5.41, 5.74) is -0.704. The van der Waals surface area contributed by atoms with E-state index in [0.29, 0.717) is 12.5 Å². The zero-order chi connectivity index (χ0) is 14.7. The SMILES string of the molecule is OC1(CNc2nc(Cl)nc(-n3cncn3)n2)CCCCC1. The maximum atomic E-state index is 10.5. The molecule has 2 aromatic heterocycles. The van der Waals surface area contributed by atoms with Crippen LogP contribution < -0.4 is 5.32 Å². The van der Waals surface area contributed by atoms with Crippen LogP contribution in [0.5, 0.6) is 0 Å². The van der Waals surface area contributed by atoms with Gasteiger partial charge in [-0.05, 0) is 24.4 Å². The lowest BCUT2D eigenvalue weighted by Crippen LogP contribution is -2.39. The lowest BCUT2D eigenvalue weighted by Gasteiger charge is -2.32. The Hall–Kier alpha value is -1.80. The monoisotopic (exact) mass is 309 g/mol. The predicted molar refractivity (Wildman–Crippen MR) is 76.3 cm³/mol. The highest BCUT2D eigenvalue weighted by atomic mass is 35.5. The Bertz CT molecular complexity index is 598. The second-order valence-corrected chi connectivity index (χ2v) is 5.54. The van der Waals surface area contributed by atoms with Crippen LogP contribution in [-0.2, 0) is 0 Å². The van der Waals surface area contributed by atoms with E-state index in [2.05, 4.69) is 30.4 Å². The molecule has 9 heteroatoms. The molecule has 21 heavy (non-hydrogen) atoms. The summed E-state index contributed by atoms with van der Waals surface area (Å²) in [7, 11) is 0. The van der Waals surface area contributed by atoms with E-state index in [9.17, 15) is 5.11 Å². The Morgan fingerprint density at radius 2 is 2.05 bits per heavy atom. The van der Waals surface area contributed by atoms with Crippen LogP contribution in [0.4, 0.5) is 5.95 Å². The first-order valence-electron chi connectivity index (χ1n) is 6.87. The molecule has 3 rings (SSSR count). The minimum atomic E-state index is -0.704. The van der Waals surface area contributed by atoms with Gasteiger partial charge in [0.25, 0.3) is 5.95 Å². The van der Waals surface area contributed by atoms with Gasteiger partial charge < -0.3 is 10.4 Å². The predicted octanol–water partition coefficient (Wildman–Crippen LogP) is 1.21. The molecule has 0 unspecified atom stereocenters. The standard InChI is InChI=1S/C12H16ClN7O/c13-9-17-10(15-6-12(21)4-2-1-3-5-12)19-11(18-9)20-8-14-7-16-20/h7-8,21H,1-6H2,(H,15,17,18,19). The second-order valence-electron chi connectivity index (χ2n) is 5.21. The fourth-order valence-corrected chi connectivity index (χ4v) is 2.62. The van der Waals surface area contributed by atoms with Crippen molar-refractivity contribution in [3.05, 3.63) is 17.9 Å². The zero-order valence-electron chi connectivity index (χ0n) is 11.4. The van der Waals surface area contributed by atoms with Crippen LogP contribution in [0, 0.1) is 0 Å². The summed E-state index contributed by atoms with van der Waals surface area (Å²) in [6, 6.07) is 0. The van der Waals surface area contributed by atoms with Crippen LogP contribution in [0.2, 0.25) is 5.28 Å². The molecule has 0 spiro atoms. The average molecular weight is 310 g/mol. The number of aliphatic hydroxyl groups is 1. The minimum Gasteiger partial charge on any atom is -0.388 e. The maximum absolute atomic E-state index is 10.5. The Kier molecular flexibility index (Phi) is 3.98. The van der Waals surface area contributed by atoms with Crippen molar-refractivity contribution >= 4 is 17.5 Å². The summed E-state index contributed by atoms with van der Waals surface area (Å²) >= 11 is 5.90. The minimum absolute atomic E-state index is 0.0635. The zero-order valence-corrected chi connectivity index (χ0v) is 12.2. The molecule has 0 bridgehead atoms. The number of rotatable bonds is 4. The van der Waals surface area contributed by atoms with Crippen LogP contribution in [0.15, 0.2) is 12.7 Å². The highest BCUT2D eigenvalue weighted by molar-refractivity contribution is 6.28. The van der Waals surface area contributed by atoms with Crippen molar-refractivity contribution in [2.75, 3.05) is 11.9 Å². The largest absolute Gasteiger partial charge is 0.388 e. The van der Waals surface area contributed by atoms with Gasteiger partial charge in [0.15, 0.2) is 0 Å². The maximum Gasteiger partial charge on any atom is 0.258 e. The Labute approximate surface area is 126 Å². The van der Waals surface area contributed by atoms with Crippen molar-refractivity contribution < 1.29 is 5.11 Å². The Morgan fingerprint density at radius 1 is 1.24 bits per heavy atom. The number of halogens is 1. The molecule has 112 valence electrons. The molecule has 0 saturated heterocycles. The van der Waals surface area contributed by atoms with E-state index in [1.807, 2.05) is 0 Å². The van der Waals surface area contributed by atoms with Gasteiger partial charge in [-0.25, -0.2) is 4.98 Å². The number of hydrogen-bond acceptors (Lipinski definition) is 7. The smallest absolute Gasteiger partial charge is 0.258 e. The van der Waals surface area contributed by atoms with Crippen LogP contribution >= 0.6 is 11.6 Å². The van der Waals surface area contributed by atoms with E-state index in [0.717, 1.165) is 25.7 Å². The van der Waals surface area contributed by atoms with Crippen molar-refractivity contribution in [2.24, 2.45) is 0 Å². The van der Waals surface area contributed by atoms with Crippen molar-refractivity contribution in [3.8, 4) is 5.95 Å². The van der Waals surface area contributed by atoms with Crippen LogP contribution in [-0.4, -0.2) is 47.0 Å². The first-order valence-corrected chi connectivity index (χ1v) is 7.25. The topological polar surface area (TPSA) is 102 Å². The molecular weight excluding hydrogens is 294 g/mol.